The summed E-state index contributed by atoms with van der Waals surface area (Å²) in [5, 5.41) is 5.30. The van der Waals surface area contributed by atoms with Crippen LogP contribution in [0, 0.1) is 5.82 Å². The number of amides is 2. The van der Waals surface area contributed by atoms with Gasteiger partial charge in [-0.05, 0) is 37.3 Å². The fourth-order valence-corrected chi connectivity index (χ4v) is 1.87. The average molecular weight is 286 g/mol. The second-order valence-electron chi connectivity index (χ2n) is 4.37. The number of halogens is 1. The molecule has 2 rings (SSSR count). The predicted molar refractivity (Wildman–Crippen MR) is 78.8 cm³/mol. The highest BCUT2D eigenvalue weighted by Crippen LogP contribution is 2.16. The molecular formula is C16H15FN2O2. The summed E-state index contributed by atoms with van der Waals surface area (Å²) in [6.07, 6.45) is 0. The van der Waals surface area contributed by atoms with Crippen LogP contribution in [0.5, 0.6) is 0 Å². The molecule has 4 nitrogen and oxygen atoms in total. The molecule has 0 saturated carbocycles. The summed E-state index contributed by atoms with van der Waals surface area (Å²) < 4.78 is 13.1. The van der Waals surface area contributed by atoms with Crippen molar-refractivity contribution in [3.8, 4) is 0 Å². The summed E-state index contributed by atoms with van der Waals surface area (Å²) in [4.78, 5) is 24.0. The van der Waals surface area contributed by atoms with Crippen molar-refractivity contribution in [2.45, 2.75) is 6.92 Å². The Balaban J connectivity index is 2.23. The normalized spacial score (nSPS) is 10.0. The van der Waals surface area contributed by atoms with Gasteiger partial charge in [0.25, 0.3) is 11.8 Å². The van der Waals surface area contributed by atoms with Crippen molar-refractivity contribution >= 4 is 17.5 Å². The van der Waals surface area contributed by atoms with Crippen LogP contribution in [0.3, 0.4) is 0 Å². The minimum atomic E-state index is -0.486. The number of rotatable bonds is 4. The molecule has 5 heteroatoms. The van der Waals surface area contributed by atoms with Crippen LogP contribution >= 0.6 is 0 Å². The third-order valence-electron chi connectivity index (χ3n) is 2.84. The van der Waals surface area contributed by atoms with Gasteiger partial charge in [-0.3, -0.25) is 9.59 Å². The fraction of sp³-hybridized carbons (Fsp3) is 0.125. The van der Waals surface area contributed by atoms with Crippen molar-refractivity contribution < 1.29 is 14.0 Å². The van der Waals surface area contributed by atoms with Crippen molar-refractivity contribution in [3.05, 3.63) is 65.5 Å². The number of nitrogens with one attached hydrogen (secondary N) is 2. The molecule has 0 aliphatic carbocycles. The zero-order chi connectivity index (χ0) is 15.2. The molecule has 0 spiro atoms. The Kier molecular flexibility index (Phi) is 4.66. The molecule has 0 heterocycles. The second-order valence-corrected chi connectivity index (χ2v) is 4.37. The monoisotopic (exact) mass is 286 g/mol. The Morgan fingerprint density at radius 2 is 1.81 bits per heavy atom. The molecule has 21 heavy (non-hydrogen) atoms. The van der Waals surface area contributed by atoms with E-state index in [4.69, 9.17) is 0 Å². The van der Waals surface area contributed by atoms with Crippen LogP contribution in [0.2, 0.25) is 0 Å². The van der Waals surface area contributed by atoms with Crippen LogP contribution < -0.4 is 10.6 Å². The van der Waals surface area contributed by atoms with E-state index in [2.05, 4.69) is 10.6 Å². The van der Waals surface area contributed by atoms with E-state index >= 15 is 0 Å². The molecule has 0 fully saturated rings. The lowest BCUT2D eigenvalue weighted by Crippen LogP contribution is -2.24. The molecule has 2 amide bonds. The zero-order valence-corrected chi connectivity index (χ0v) is 11.5. The number of benzene rings is 2. The van der Waals surface area contributed by atoms with Gasteiger partial charge in [-0.1, -0.05) is 18.2 Å². The molecule has 0 aliphatic rings. The summed E-state index contributed by atoms with van der Waals surface area (Å²) >= 11 is 0. The maximum Gasteiger partial charge on any atom is 0.255 e. The first-order chi connectivity index (χ1) is 10.1. The molecule has 0 aliphatic heterocycles. The highest BCUT2D eigenvalue weighted by Gasteiger charge is 2.13. The smallest absolute Gasteiger partial charge is 0.255 e. The fourth-order valence-electron chi connectivity index (χ4n) is 1.87. The van der Waals surface area contributed by atoms with Crippen LogP contribution in [0.15, 0.2) is 48.5 Å². The van der Waals surface area contributed by atoms with Gasteiger partial charge in [-0.15, -0.1) is 0 Å². The molecule has 0 radical (unpaired) electrons. The molecular weight excluding hydrogens is 271 g/mol. The van der Waals surface area contributed by atoms with Gasteiger partial charge in [0.1, 0.15) is 5.82 Å². The third kappa shape index (κ3) is 3.66. The molecule has 0 aromatic heterocycles. The molecule has 0 atom stereocenters. The average Bonchev–Trinajstić information content (AvgIpc) is 2.48. The first-order valence-electron chi connectivity index (χ1n) is 6.56. The van der Waals surface area contributed by atoms with Gasteiger partial charge in [0.05, 0.1) is 11.3 Å². The van der Waals surface area contributed by atoms with Crippen molar-refractivity contribution in [1.29, 1.82) is 0 Å². The van der Waals surface area contributed by atoms with E-state index < -0.39 is 11.7 Å². The SMILES string of the molecule is CCNC(=O)c1ccccc1NC(=O)c1cccc(F)c1. The molecule has 2 aromatic rings. The summed E-state index contributed by atoms with van der Waals surface area (Å²) in [7, 11) is 0. The van der Waals surface area contributed by atoms with Gasteiger partial charge in [-0.25, -0.2) is 4.39 Å². The Morgan fingerprint density at radius 1 is 1.05 bits per heavy atom. The van der Waals surface area contributed by atoms with E-state index in [0.29, 0.717) is 17.8 Å². The lowest BCUT2D eigenvalue weighted by molar-refractivity contribution is 0.0956. The van der Waals surface area contributed by atoms with Crippen LogP contribution in [-0.2, 0) is 0 Å². The summed E-state index contributed by atoms with van der Waals surface area (Å²) in [6, 6.07) is 12.0. The molecule has 108 valence electrons. The Labute approximate surface area is 122 Å². The Hall–Kier alpha value is -2.69. The quantitative estimate of drug-likeness (QED) is 0.908. The molecule has 2 aromatic carbocycles. The number of hydrogen-bond donors (Lipinski definition) is 2. The topological polar surface area (TPSA) is 58.2 Å². The lowest BCUT2D eigenvalue weighted by atomic mass is 10.1. The van der Waals surface area contributed by atoms with Crippen molar-refractivity contribution in [3.63, 3.8) is 0 Å². The van der Waals surface area contributed by atoms with E-state index in [-0.39, 0.29) is 11.5 Å². The van der Waals surface area contributed by atoms with Gasteiger partial charge >= 0.3 is 0 Å². The van der Waals surface area contributed by atoms with Crippen LogP contribution in [-0.4, -0.2) is 18.4 Å². The predicted octanol–water partition coefficient (Wildman–Crippen LogP) is 2.83. The third-order valence-corrected chi connectivity index (χ3v) is 2.84. The summed E-state index contributed by atoms with van der Waals surface area (Å²) in [5.74, 6) is -1.22. The number of carbonyl (C=O) groups is 2. The van der Waals surface area contributed by atoms with E-state index in [0.717, 1.165) is 6.07 Å². The molecule has 0 unspecified atom stereocenters. The first kappa shape index (κ1) is 14.7. The van der Waals surface area contributed by atoms with Crippen LogP contribution in [0.4, 0.5) is 10.1 Å². The lowest BCUT2D eigenvalue weighted by Gasteiger charge is -2.10. The maximum absolute atomic E-state index is 13.1. The Morgan fingerprint density at radius 3 is 2.52 bits per heavy atom. The minimum absolute atomic E-state index is 0.195. The minimum Gasteiger partial charge on any atom is -0.352 e. The van der Waals surface area contributed by atoms with E-state index in [1.807, 2.05) is 6.92 Å². The van der Waals surface area contributed by atoms with E-state index in [1.54, 1.807) is 24.3 Å². The van der Waals surface area contributed by atoms with E-state index in [1.165, 1.54) is 18.2 Å². The van der Waals surface area contributed by atoms with Crippen molar-refractivity contribution in [1.82, 2.24) is 5.32 Å². The van der Waals surface area contributed by atoms with Crippen molar-refractivity contribution in [2.24, 2.45) is 0 Å². The zero-order valence-electron chi connectivity index (χ0n) is 11.5. The van der Waals surface area contributed by atoms with Gasteiger partial charge in [0, 0.05) is 12.1 Å². The number of anilines is 1. The first-order valence-corrected chi connectivity index (χ1v) is 6.56. The van der Waals surface area contributed by atoms with Gasteiger partial charge < -0.3 is 10.6 Å². The summed E-state index contributed by atoms with van der Waals surface area (Å²) in [6.45, 7) is 2.30. The largest absolute Gasteiger partial charge is 0.352 e. The Bertz CT molecular complexity index is 671. The summed E-state index contributed by atoms with van der Waals surface area (Å²) in [5.41, 5.74) is 0.947. The second kappa shape index (κ2) is 6.65. The molecule has 0 bridgehead atoms. The van der Waals surface area contributed by atoms with Crippen LogP contribution in [0.1, 0.15) is 27.6 Å². The molecule has 0 saturated heterocycles. The highest BCUT2D eigenvalue weighted by atomic mass is 19.1. The number of carbonyl (C=O) groups excluding carboxylic acids is 2. The van der Waals surface area contributed by atoms with Crippen LogP contribution in [0.25, 0.3) is 0 Å². The van der Waals surface area contributed by atoms with Gasteiger partial charge in [0.2, 0.25) is 0 Å². The molecule has 2 N–H and O–H groups in total. The van der Waals surface area contributed by atoms with E-state index in [9.17, 15) is 14.0 Å². The number of para-hydroxylation sites is 1. The van der Waals surface area contributed by atoms with Crippen molar-refractivity contribution in [2.75, 3.05) is 11.9 Å². The standard InChI is InChI=1S/C16H15FN2O2/c1-2-18-16(21)13-8-3-4-9-14(13)19-15(20)11-6-5-7-12(17)10-11/h3-10H,2H2,1H3,(H,18,21)(H,19,20). The number of hydrogen-bond acceptors (Lipinski definition) is 2. The highest BCUT2D eigenvalue weighted by molar-refractivity contribution is 6.08. The van der Waals surface area contributed by atoms with Gasteiger partial charge in [-0.2, -0.15) is 0 Å². The maximum atomic E-state index is 13.1. The van der Waals surface area contributed by atoms with Gasteiger partial charge in [0.15, 0.2) is 0 Å².